The van der Waals surface area contributed by atoms with Crippen molar-refractivity contribution in [1.82, 2.24) is 0 Å². The van der Waals surface area contributed by atoms with Gasteiger partial charge in [-0.3, -0.25) is 0 Å². The molecule has 11 rings (SSSR count). The Bertz CT molecular complexity index is 4070. The van der Waals surface area contributed by atoms with Gasteiger partial charge in [0.1, 0.15) is 48.4 Å². The third-order valence-corrected chi connectivity index (χ3v) is 49.7. The number of epoxide rings is 2. The van der Waals surface area contributed by atoms with Crippen molar-refractivity contribution in [2.75, 3.05) is 26.4 Å². The average molecular weight is 2220 g/mol. The van der Waals surface area contributed by atoms with Gasteiger partial charge < -0.3 is 65.3 Å². The van der Waals surface area contributed by atoms with Crippen molar-refractivity contribution in [1.29, 1.82) is 0 Å². The molecule has 2 N–H and O–H groups in total. The van der Waals surface area contributed by atoms with Crippen molar-refractivity contribution in [2.45, 2.75) is 438 Å². The maximum Gasteiger partial charge on any atom is 0.173 e. The quantitative estimate of drug-likeness (QED) is 0.0314. The summed E-state index contributed by atoms with van der Waals surface area (Å²) in [6.45, 7) is 74.7. The summed E-state index contributed by atoms with van der Waals surface area (Å²) in [6, 6.07) is 69.1. The molecule has 1 aliphatic carbocycles. The standard InChI is InChI=1S/C33H30O4.C17H20O2.C15H28Si2.C13H23Si2.C9H24OSi2.C7H19OSi2.24CH4.2CH3.2Y/c1-21-15-23(11-13-31(21)36-19-25-17-34-25)33(24-12-14-32(22(2)16-24)37-20-26-18-35-26)29-9-5-3-7-27(29)28-8-4-6-10-30(28)33;1-11-9-13(5-7-15(11)18)17(3,4)14-6-8-16(19)12(2)10-14;1-7-13-17(5,6)15-11-9-14(10-12-15)16(3,4)8-2;1-7-15(5,6)13-10-8-12(9-11-13)14(2,3)4;1-7-9-12(5,6)10-11(3,4)8-2;1-7-10(5,6)8-9(2,3)4;;;;;;;;;;;;;;;;;;;;;;;;;;;;/h3-16,25-26H,17-20H2,1-2H3;5-10,18-19H,1-4H3;9-12H,7-8,13H2,1-6H3;8-11H,2,7H2,1,3-6H3;7-9H2,1-6H3;2,7H2,1,3-6H3;24*1H4;2*1H3;;/q;;;-1;;-1;;;;;;;;;;;;;;;;;;;;;;;;;2*-1;;. The molecule has 2 fully saturated rings. The van der Waals surface area contributed by atoms with E-state index in [2.05, 4.69) is 321 Å². The molecular weight excluding hydrogens is 1970 g/mol. The Hall–Kier alpha value is -3.26. The van der Waals surface area contributed by atoms with Gasteiger partial charge in [0.25, 0.3) is 0 Å². The van der Waals surface area contributed by atoms with Crippen LogP contribution >= 0.6 is 0 Å². The molecule has 816 valence electrons. The van der Waals surface area contributed by atoms with Gasteiger partial charge in [0.05, 0.1) is 42.9 Å². The van der Waals surface area contributed by atoms with Crippen LogP contribution in [0.25, 0.3) is 11.1 Å². The van der Waals surface area contributed by atoms with Gasteiger partial charge in [0.15, 0.2) is 25.0 Å². The predicted octanol–water partition coefficient (Wildman–Crippen LogP) is 39.9. The van der Waals surface area contributed by atoms with Gasteiger partial charge in [0, 0.05) is 79.2 Å². The van der Waals surface area contributed by atoms with Crippen LogP contribution < -0.4 is 30.2 Å². The van der Waals surface area contributed by atoms with Gasteiger partial charge in [-0.1, -0.05) is 504 Å². The molecule has 0 bridgehead atoms. The smallest absolute Gasteiger partial charge is 0.173 e. The van der Waals surface area contributed by atoms with E-state index in [1.165, 1.54) is 87.7 Å². The molecule has 0 saturated carbocycles. The van der Waals surface area contributed by atoms with Crippen LogP contribution in [0.5, 0.6) is 23.0 Å². The minimum Gasteiger partial charge on any atom is -0.508 e. The Morgan fingerprint density at radius 2 is 0.630 bits per heavy atom. The topological polar surface area (TPSA) is 102 Å². The Balaban J connectivity index is -0.0000000555. The molecule has 2 radical (unpaired) electrons. The fraction of sp³-hybridized carbons (Fsp3) is 0.567. The van der Waals surface area contributed by atoms with E-state index in [0.717, 1.165) is 58.1 Å². The van der Waals surface area contributed by atoms with Crippen LogP contribution in [0.2, 0.25) is 141 Å². The monoisotopic (exact) mass is 2220 g/mol. The molecule has 2 unspecified atom stereocenters. The number of hydrogen-bond acceptors (Lipinski definition) is 8. The van der Waals surface area contributed by atoms with Crippen molar-refractivity contribution in [3.8, 4) is 34.1 Å². The second-order valence-corrected chi connectivity index (χ2v) is 73.7. The molecule has 3 aliphatic rings. The van der Waals surface area contributed by atoms with Crippen molar-refractivity contribution in [2.24, 2.45) is 0 Å². The number of phenolic OH excluding ortho intramolecular Hbond substituents is 2. The Labute approximate surface area is 932 Å². The van der Waals surface area contributed by atoms with Crippen LogP contribution in [0.15, 0.2) is 170 Å². The average Bonchev–Trinajstić information content (AvgIpc) is 1.54. The van der Waals surface area contributed by atoms with E-state index >= 15 is 0 Å². The van der Waals surface area contributed by atoms with Crippen LogP contribution in [0, 0.1) is 55.6 Å². The molecule has 138 heavy (non-hydrogen) atoms. The first-order chi connectivity index (χ1) is 51.2. The molecule has 8 aromatic carbocycles. The third kappa shape index (κ3) is 56.0. The number of ether oxygens (including phenoxy) is 4. The molecule has 2 saturated heterocycles. The first-order valence-corrected chi connectivity index (χ1v) is 66.3. The summed E-state index contributed by atoms with van der Waals surface area (Å²) in [7, 11) is -10.2. The van der Waals surface area contributed by atoms with E-state index in [1.807, 2.05) is 38.1 Å². The molecule has 2 atom stereocenters. The molecule has 2 aliphatic heterocycles. The van der Waals surface area contributed by atoms with Crippen LogP contribution in [0.1, 0.15) is 302 Å². The second-order valence-electron chi connectivity index (χ2n) is 36.8. The SMILES string of the molecule is C.C.C.C.C.C.C.C.C.C.C.C.C.C.C.C.C.C.C.C.C.C.C.C.CCC[Si](C)(C)O[Si](C)(C)CC.CCC[Si](C)(C)c1ccc([Si](C)(C)CC)cc1.Cc1cc(C(C)(C)c2ccc(O)c(C)c2)ccc1O.Cc1cc(C2(c3ccc(OCC4CO4)c(C)c3)c3ccccc3-c3ccccc32)ccc1OCC1CO1.[CH2-][Si](C)(C)O[Si](C)(C)CC.[CH2-][Si](C)(C)c1ccc([Si](C)(C)CC)cc1.[CH3-].[CH3-].[Y].[Y]. The second kappa shape index (κ2) is 82.8. The number of phenols is 2. The zero-order valence-corrected chi connectivity index (χ0v) is 90.4. The van der Waals surface area contributed by atoms with E-state index in [-0.39, 0.29) is 276 Å². The van der Waals surface area contributed by atoms with Gasteiger partial charge in [-0.05, 0) is 176 Å². The number of benzene rings is 8. The molecule has 0 spiro atoms. The number of aryl methyl sites for hydroxylation is 4. The van der Waals surface area contributed by atoms with Crippen LogP contribution in [-0.4, -0.2) is 114 Å². The summed E-state index contributed by atoms with van der Waals surface area (Å²) in [5, 5.41) is 25.5. The zero-order chi connectivity index (χ0) is 82.2. The summed E-state index contributed by atoms with van der Waals surface area (Å²) in [6.07, 6.45) is 3.05. The normalized spacial score (nSPS) is 12.2. The zero-order valence-electron chi connectivity index (χ0n) is 76.7. The molecule has 18 heteroatoms. The van der Waals surface area contributed by atoms with Crippen molar-refractivity contribution < 1.29 is 103 Å². The van der Waals surface area contributed by atoms with Gasteiger partial charge >= 0.3 is 0 Å². The van der Waals surface area contributed by atoms with E-state index in [0.29, 0.717) is 24.7 Å². The number of aromatic hydroxyl groups is 2. The number of fused-ring (bicyclic) bond motifs is 3. The van der Waals surface area contributed by atoms with Gasteiger partial charge in [-0.25, -0.2) is 0 Å². The Kier molecular flexibility index (Phi) is 116. The molecule has 0 aromatic heterocycles. The number of rotatable bonds is 26. The molecule has 8 aromatic rings. The van der Waals surface area contributed by atoms with E-state index in [4.69, 9.17) is 27.2 Å². The van der Waals surface area contributed by atoms with Crippen molar-refractivity contribution >= 4 is 86.3 Å². The summed E-state index contributed by atoms with van der Waals surface area (Å²) in [5.74, 6) is 2.47. The van der Waals surface area contributed by atoms with Crippen LogP contribution in [0.4, 0.5) is 0 Å². The molecule has 0 amide bonds. The van der Waals surface area contributed by atoms with Crippen molar-refractivity contribution in [3.05, 3.63) is 253 Å². The minimum absolute atomic E-state index is 0. The Morgan fingerprint density at radius 1 is 0.348 bits per heavy atom. The summed E-state index contributed by atoms with van der Waals surface area (Å²) < 4.78 is 35.1. The van der Waals surface area contributed by atoms with E-state index in [1.54, 1.807) is 27.7 Å². The van der Waals surface area contributed by atoms with Crippen LogP contribution in [0.3, 0.4) is 0 Å². The molecule has 2 heterocycles. The van der Waals surface area contributed by atoms with E-state index < -0.39 is 71.0 Å². The van der Waals surface area contributed by atoms with Gasteiger partial charge in [0.2, 0.25) is 0 Å². The fourth-order valence-corrected chi connectivity index (χ4v) is 35.6. The van der Waals surface area contributed by atoms with Crippen molar-refractivity contribution in [3.63, 3.8) is 0 Å². The maximum atomic E-state index is 9.63. The Morgan fingerprint density at radius 3 is 0.877 bits per heavy atom. The van der Waals surface area contributed by atoms with Gasteiger partial charge in [-0.15, -0.1) is 0 Å². The summed E-state index contributed by atoms with van der Waals surface area (Å²) in [5.41, 5.74) is 13.3. The first kappa shape index (κ1) is 193. The largest absolute Gasteiger partial charge is 0.508 e. The number of hydrogen-bond donors (Lipinski definition) is 2. The predicted molar refractivity (Wildman–Crippen MR) is 672 cm³/mol. The fourth-order valence-electron chi connectivity index (χ4n) is 14.3. The minimum atomic E-state index is -1.50. The third-order valence-electron chi connectivity index (χ3n) is 22.9. The van der Waals surface area contributed by atoms with Crippen LogP contribution in [-0.2, 0) is 94.0 Å². The first-order valence-electron chi connectivity index (χ1n) is 41.0. The maximum absolute atomic E-state index is 9.63. The van der Waals surface area contributed by atoms with E-state index in [9.17, 15) is 10.2 Å². The molecular formula is C120H246O8Si8Y2-4. The summed E-state index contributed by atoms with van der Waals surface area (Å²) in [4.78, 5) is 0. The molecule has 8 nitrogen and oxygen atoms in total. The van der Waals surface area contributed by atoms with Gasteiger partial charge in [-0.2, -0.15) is 0 Å². The summed E-state index contributed by atoms with van der Waals surface area (Å²) >= 11 is 0.